The molecule has 1 aliphatic heterocycles. The zero-order chi connectivity index (χ0) is 13.3. The van der Waals surface area contributed by atoms with E-state index in [1.54, 1.807) is 6.07 Å². The number of carbonyl (C=O) groups excluding carboxylic acids is 3. The topological polar surface area (TPSA) is 72.5 Å². The van der Waals surface area contributed by atoms with Crippen molar-refractivity contribution >= 4 is 34.9 Å². The molecule has 0 atom stereocenters. The van der Waals surface area contributed by atoms with Gasteiger partial charge in [0.1, 0.15) is 6.42 Å². The highest BCUT2D eigenvalue weighted by molar-refractivity contribution is 6.31. The van der Waals surface area contributed by atoms with E-state index >= 15 is 0 Å². The molecule has 1 N–H and O–H groups in total. The molecule has 0 saturated heterocycles. The molecule has 5 nitrogen and oxygen atoms in total. The van der Waals surface area contributed by atoms with E-state index in [2.05, 4.69) is 10.1 Å². The number of methoxy groups -OCH3 is 1. The maximum atomic E-state index is 11.9. The molecule has 18 heavy (non-hydrogen) atoms. The fraction of sp³-hybridized carbons (Fsp3) is 0.250. The number of esters is 1. The summed E-state index contributed by atoms with van der Waals surface area (Å²) in [6.45, 7) is 0. The van der Waals surface area contributed by atoms with E-state index in [1.807, 2.05) is 0 Å². The van der Waals surface area contributed by atoms with Gasteiger partial charge in [0, 0.05) is 10.6 Å². The Balaban J connectivity index is 2.37. The lowest BCUT2D eigenvalue weighted by atomic mass is 10.0. The lowest BCUT2D eigenvalue weighted by Gasteiger charge is -2.07. The third-order valence-corrected chi connectivity index (χ3v) is 2.85. The standard InChI is InChI=1S/C12H10ClNO4/c1-18-11(17)5-9(15)8-4-7(13)2-6-3-10(16)14-12(6)8/h2,4H,3,5H2,1H3,(H,14,16). The number of hydrogen-bond donors (Lipinski definition) is 1. The number of amides is 1. The molecule has 1 aromatic carbocycles. The van der Waals surface area contributed by atoms with Crippen LogP contribution in [0.2, 0.25) is 5.02 Å². The number of halogens is 1. The van der Waals surface area contributed by atoms with E-state index in [4.69, 9.17) is 11.6 Å². The number of carbonyl (C=O) groups is 3. The van der Waals surface area contributed by atoms with Crippen LogP contribution in [0.4, 0.5) is 5.69 Å². The van der Waals surface area contributed by atoms with Crippen molar-refractivity contribution in [3.05, 3.63) is 28.3 Å². The van der Waals surface area contributed by atoms with Gasteiger partial charge in [-0.2, -0.15) is 0 Å². The van der Waals surface area contributed by atoms with E-state index in [9.17, 15) is 14.4 Å². The van der Waals surface area contributed by atoms with Gasteiger partial charge < -0.3 is 10.1 Å². The van der Waals surface area contributed by atoms with Crippen molar-refractivity contribution in [2.75, 3.05) is 12.4 Å². The molecule has 0 bridgehead atoms. The van der Waals surface area contributed by atoms with Crippen molar-refractivity contribution in [1.29, 1.82) is 0 Å². The highest BCUT2D eigenvalue weighted by Crippen LogP contribution is 2.31. The Morgan fingerprint density at radius 1 is 1.44 bits per heavy atom. The smallest absolute Gasteiger partial charge is 0.313 e. The van der Waals surface area contributed by atoms with Gasteiger partial charge >= 0.3 is 5.97 Å². The normalized spacial score (nSPS) is 12.9. The molecule has 6 heteroatoms. The monoisotopic (exact) mass is 267 g/mol. The predicted octanol–water partition coefficient (Wildman–Crippen LogP) is 1.58. The van der Waals surface area contributed by atoms with Crippen molar-refractivity contribution in [2.24, 2.45) is 0 Å². The molecular weight excluding hydrogens is 258 g/mol. The van der Waals surface area contributed by atoms with E-state index in [0.717, 1.165) is 0 Å². The molecule has 0 aliphatic carbocycles. The maximum Gasteiger partial charge on any atom is 0.313 e. The minimum atomic E-state index is -0.627. The van der Waals surface area contributed by atoms with Crippen LogP contribution in [0.1, 0.15) is 22.3 Å². The summed E-state index contributed by atoms with van der Waals surface area (Å²) >= 11 is 5.88. The number of Topliss-reactive ketones (excluding diaryl/α,β-unsaturated/α-hetero) is 1. The Morgan fingerprint density at radius 2 is 2.17 bits per heavy atom. The lowest BCUT2D eigenvalue weighted by Crippen LogP contribution is -2.12. The molecule has 0 unspecified atom stereocenters. The first-order chi connectivity index (χ1) is 8.51. The van der Waals surface area contributed by atoms with E-state index < -0.39 is 11.8 Å². The number of rotatable bonds is 3. The van der Waals surface area contributed by atoms with Crippen molar-refractivity contribution < 1.29 is 19.1 Å². The molecule has 0 fully saturated rings. The van der Waals surface area contributed by atoms with Gasteiger partial charge in [-0.25, -0.2) is 0 Å². The Hall–Kier alpha value is -1.88. The summed E-state index contributed by atoms with van der Waals surface area (Å²) in [7, 11) is 1.21. The van der Waals surface area contributed by atoms with Gasteiger partial charge in [0.25, 0.3) is 0 Å². The highest BCUT2D eigenvalue weighted by Gasteiger charge is 2.25. The number of nitrogens with one attached hydrogen (secondary N) is 1. The molecule has 0 spiro atoms. The van der Waals surface area contributed by atoms with Crippen LogP contribution in [0, 0.1) is 0 Å². The summed E-state index contributed by atoms with van der Waals surface area (Å²) in [5.41, 5.74) is 1.35. The molecule has 0 saturated carbocycles. The molecule has 1 aliphatic rings. The number of anilines is 1. The summed E-state index contributed by atoms with van der Waals surface area (Å²) in [5.74, 6) is -1.25. The largest absolute Gasteiger partial charge is 0.469 e. The SMILES string of the molecule is COC(=O)CC(=O)c1cc(Cl)cc2c1NC(=O)C2. The summed E-state index contributed by atoms with van der Waals surface area (Å²) in [6, 6.07) is 3.07. The Bertz CT molecular complexity index is 553. The quantitative estimate of drug-likeness (QED) is 0.513. The zero-order valence-corrected chi connectivity index (χ0v) is 10.3. The lowest BCUT2D eigenvalue weighted by molar-refractivity contribution is -0.139. The number of fused-ring (bicyclic) bond motifs is 1. The van der Waals surface area contributed by atoms with Gasteiger partial charge in [-0.3, -0.25) is 14.4 Å². The molecule has 1 aromatic rings. The first-order valence-corrected chi connectivity index (χ1v) is 5.61. The van der Waals surface area contributed by atoms with E-state index in [1.165, 1.54) is 13.2 Å². The third-order valence-electron chi connectivity index (χ3n) is 2.63. The molecule has 0 radical (unpaired) electrons. The molecule has 2 rings (SSSR count). The highest BCUT2D eigenvalue weighted by atomic mass is 35.5. The van der Waals surface area contributed by atoms with Crippen LogP contribution >= 0.6 is 11.6 Å². The fourth-order valence-electron chi connectivity index (χ4n) is 1.83. The van der Waals surface area contributed by atoms with Crippen LogP contribution in [0.5, 0.6) is 0 Å². The van der Waals surface area contributed by atoms with E-state index in [0.29, 0.717) is 16.3 Å². The molecule has 94 valence electrons. The van der Waals surface area contributed by atoms with Gasteiger partial charge in [-0.15, -0.1) is 0 Å². The van der Waals surface area contributed by atoms with Crippen LogP contribution < -0.4 is 5.32 Å². The Kier molecular flexibility index (Phi) is 3.34. The van der Waals surface area contributed by atoms with Crippen LogP contribution in [0.3, 0.4) is 0 Å². The number of ether oxygens (including phenoxy) is 1. The van der Waals surface area contributed by atoms with Crippen LogP contribution in [0.15, 0.2) is 12.1 Å². The summed E-state index contributed by atoms with van der Waals surface area (Å²) in [5, 5.41) is 2.95. The van der Waals surface area contributed by atoms with E-state index in [-0.39, 0.29) is 24.3 Å². The van der Waals surface area contributed by atoms with Crippen molar-refractivity contribution in [1.82, 2.24) is 0 Å². The van der Waals surface area contributed by atoms with Gasteiger partial charge in [-0.05, 0) is 17.7 Å². The van der Waals surface area contributed by atoms with Crippen LogP contribution in [0.25, 0.3) is 0 Å². The summed E-state index contributed by atoms with van der Waals surface area (Å²) in [6.07, 6.45) is -0.187. The van der Waals surface area contributed by atoms with Crippen LogP contribution in [-0.2, 0) is 20.7 Å². The van der Waals surface area contributed by atoms with Gasteiger partial charge in [0.05, 0.1) is 19.2 Å². The molecule has 1 amide bonds. The minimum absolute atomic E-state index is 0.189. The fourth-order valence-corrected chi connectivity index (χ4v) is 2.07. The van der Waals surface area contributed by atoms with Crippen molar-refractivity contribution in [2.45, 2.75) is 12.8 Å². The van der Waals surface area contributed by atoms with Gasteiger partial charge in [0.15, 0.2) is 5.78 Å². The molecule has 1 heterocycles. The second-order valence-electron chi connectivity index (χ2n) is 3.89. The average Bonchev–Trinajstić information content (AvgIpc) is 2.67. The zero-order valence-electron chi connectivity index (χ0n) is 9.58. The number of benzene rings is 1. The summed E-state index contributed by atoms with van der Waals surface area (Å²) in [4.78, 5) is 34.3. The predicted molar refractivity (Wildman–Crippen MR) is 64.7 cm³/mol. The third kappa shape index (κ3) is 2.36. The average molecular weight is 268 g/mol. The maximum absolute atomic E-state index is 11.9. The number of ketones is 1. The first-order valence-electron chi connectivity index (χ1n) is 5.23. The van der Waals surface area contributed by atoms with Gasteiger partial charge in [0.2, 0.25) is 5.91 Å². The van der Waals surface area contributed by atoms with Crippen LogP contribution in [-0.4, -0.2) is 24.8 Å². The molecule has 0 aromatic heterocycles. The van der Waals surface area contributed by atoms with Gasteiger partial charge in [-0.1, -0.05) is 11.6 Å². The van der Waals surface area contributed by atoms with Crippen molar-refractivity contribution in [3.63, 3.8) is 0 Å². The Morgan fingerprint density at radius 3 is 2.83 bits per heavy atom. The second kappa shape index (κ2) is 4.78. The second-order valence-corrected chi connectivity index (χ2v) is 4.32. The summed E-state index contributed by atoms with van der Waals surface area (Å²) < 4.78 is 4.43. The first kappa shape index (κ1) is 12.6. The number of hydrogen-bond acceptors (Lipinski definition) is 4. The molecular formula is C12H10ClNO4. The van der Waals surface area contributed by atoms with Crippen molar-refractivity contribution in [3.8, 4) is 0 Å². The Labute approximate surface area is 108 Å². The minimum Gasteiger partial charge on any atom is -0.469 e.